The number of fused-ring (bicyclic) bond motifs is 10. The summed E-state index contributed by atoms with van der Waals surface area (Å²) < 4.78 is 10.8. The molecule has 0 unspecified atom stereocenters. The van der Waals surface area contributed by atoms with Crippen molar-refractivity contribution >= 4 is 0 Å². The smallest absolute Gasteiger partial charge is 0.497 e. The van der Waals surface area contributed by atoms with E-state index in [1.165, 1.54) is 33.6 Å². The fourth-order valence-corrected chi connectivity index (χ4v) is 6.15. The summed E-state index contributed by atoms with van der Waals surface area (Å²) in [5.74, 6) is 3.59. The van der Waals surface area contributed by atoms with Crippen LogP contribution in [-0.4, -0.2) is 19.1 Å². The van der Waals surface area contributed by atoms with Gasteiger partial charge in [0.15, 0.2) is 0 Å². The van der Waals surface area contributed by atoms with Crippen molar-refractivity contribution in [3.05, 3.63) is 131 Å². The molecular weight excluding hydrogens is 724 g/mol. The Morgan fingerprint density at radius 1 is 0.636 bits per heavy atom. The predicted octanol–water partition coefficient (Wildman–Crippen LogP) is 8.93. The van der Waals surface area contributed by atoms with E-state index in [-0.39, 0.29) is 21.1 Å². The molecular formula is C38H34N4OPt. The average molecular weight is 758 g/mol. The molecule has 44 heavy (non-hydrogen) atoms. The molecule has 7 rings (SSSR count). The maximum atomic E-state index is 6.29. The Morgan fingerprint density at radius 2 is 1.09 bits per heavy atom. The summed E-state index contributed by atoms with van der Waals surface area (Å²) in [6.07, 6.45) is 5.72. The van der Waals surface area contributed by atoms with E-state index in [1.54, 1.807) is 0 Å². The van der Waals surface area contributed by atoms with Gasteiger partial charge in [0.05, 0.1) is 11.4 Å². The van der Waals surface area contributed by atoms with Gasteiger partial charge < -0.3 is 13.9 Å². The second kappa shape index (κ2) is 12.1. The molecule has 1 aliphatic rings. The number of nitrogens with zero attached hydrogens (tertiary/aromatic N) is 4. The van der Waals surface area contributed by atoms with E-state index in [0.717, 1.165) is 34.2 Å². The minimum atomic E-state index is 0. The molecule has 0 saturated heterocycles. The molecule has 4 aromatic carbocycles. The Labute approximate surface area is 273 Å². The molecule has 0 amide bonds. The fourth-order valence-electron chi connectivity index (χ4n) is 6.15. The molecule has 6 heteroatoms. The SMILES string of the molecule is Cc1cccc(C)c1-n1cc2nc1CCc1nc(cn1-c1c(C)cccc1C(C)C)-c1[c-]c(ccc1)Oc1[c-]c-2ccc1.[Pt+2]. The molecule has 0 radical (unpaired) electrons. The van der Waals surface area contributed by atoms with E-state index in [9.17, 15) is 0 Å². The number of aromatic nitrogens is 4. The Hall–Kier alpha value is -4.21. The van der Waals surface area contributed by atoms with Crippen LogP contribution in [0.4, 0.5) is 0 Å². The average Bonchev–Trinajstić information content (AvgIpc) is 3.60. The van der Waals surface area contributed by atoms with Gasteiger partial charge in [-0.25, -0.2) is 0 Å². The molecule has 0 atom stereocenters. The van der Waals surface area contributed by atoms with Crippen molar-refractivity contribution in [3.8, 4) is 45.4 Å². The first-order valence-electron chi connectivity index (χ1n) is 14.9. The zero-order chi connectivity index (χ0) is 29.7. The van der Waals surface area contributed by atoms with Crippen LogP contribution in [0.1, 0.15) is 53.7 Å². The molecule has 6 aromatic rings. The molecule has 5 nitrogen and oxygen atoms in total. The molecule has 0 fully saturated rings. The first-order chi connectivity index (χ1) is 20.9. The number of para-hydroxylation sites is 2. The molecule has 0 aliphatic carbocycles. The number of benzene rings is 4. The summed E-state index contributed by atoms with van der Waals surface area (Å²) in [7, 11) is 0. The largest absolute Gasteiger partial charge is 2.00 e. The van der Waals surface area contributed by atoms with Crippen molar-refractivity contribution in [2.45, 2.75) is 53.4 Å². The van der Waals surface area contributed by atoms with Crippen molar-refractivity contribution in [1.82, 2.24) is 19.1 Å². The maximum absolute atomic E-state index is 6.29. The van der Waals surface area contributed by atoms with Gasteiger partial charge in [-0.3, -0.25) is 9.97 Å². The molecule has 0 saturated carbocycles. The Bertz CT molecular complexity index is 1960. The number of hydrogen-bond donors (Lipinski definition) is 0. The normalized spacial score (nSPS) is 12.2. The van der Waals surface area contributed by atoms with E-state index < -0.39 is 0 Å². The molecule has 1 aliphatic heterocycles. The minimum absolute atomic E-state index is 0. The van der Waals surface area contributed by atoms with Crippen LogP contribution in [0, 0.1) is 32.9 Å². The van der Waals surface area contributed by atoms with Gasteiger partial charge in [0, 0.05) is 35.7 Å². The van der Waals surface area contributed by atoms with Gasteiger partial charge in [0.2, 0.25) is 0 Å². The first kappa shape index (κ1) is 29.8. The van der Waals surface area contributed by atoms with Crippen molar-refractivity contribution in [2.24, 2.45) is 0 Å². The van der Waals surface area contributed by atoms with Crippen LogP contribution in [0.5, 0.6) is 11.5 Å². The standard InChI is InChI=1S/C38H34N4O.Pt/c1-24(2)32-17-7-12-27(5)38(32)42-23-34-29-14-9-16-31(21-29)43-30-15-8-13-28(20-30)33-22-41(35(39-33)18-19-36(42)40-34)37-25(3)10-6-11-26(37)4;/h6-17,22-24H,18-19H2,1-5H3;/q-2;+2. The van der Waals surface area contributed by atoms with Crippen LogP contribution in [0.15, 0.2) is 85.2 Å². The topological polar surface area (TPSA) is 44.9 Å². The van der Waals surface area contributed by atoms with Gasteiger partial charge in [-0.1, -0.05) is 62.4 Å². The second-order valence-corrected chi connectivity index (χ2v) is 11.7. The van der Waals surface area contributed by atoms with Gasteiger partial charge in [0.1, 0.15) is 11.6 Å². The molecule has 222 valence electrons. The summed E-state index contributed by atoms with van der Waals surface area (Å²) in [6, 6.07) is 31.8. The third kappa shape index (κ3) is 5.46. The van der Waals surface area contributed by atoms with Crippen LogP contribution >= 0.6 is 0 Å². The van der Waals surface area contributed by atoms with Gasteiger partial charge in [-0.15, -0.1) is 47.5 Å². The van der Waals surface area contributed by atoms with Crippen molar-refractivity contribution in [3.63, 3.8) is 0 Å². The summed E-state index contributed by atoms with van der Waals surface area (Å²) in [5.41, 5.74) is 10.8. The zero-order valence-corrected chi connectivity index (χ0v) is 27.9. The van der Waals surface area contributed by atoms with E-state index in [0.29, 0.717) is 30.3 Å². The monoisotopic (exact) mass is 757 g/mol. The summed E-state index contributed by atoms with van der Waals surface area (Å²) in [6.45, 7) is 11.0. The Morgan fingerprint density at radius 3 is 1.61 bits per heavy atom. The quantitative estimate of drug-likeness (QED) is 0.170. The van der Waals surface area contributed by atoms with Gasteiger partial charge >= 0.3 is 21.1 Å². The van der Waals surface area contributed by atoms with Gasteiger partial charge in [0.25, 0.3) is 0 Å². The minimum Gasteiger partial charge on any atom is -0.497 e. The predicted molar refractivity (Wildman–Crippen MR) is 171 cm³/mol. The van der Waals surface area contributed by atoms with Crippen LogP contribution in [0.2, 0.25) is 0 Å². The third-order valence-electron chi connectivity index (χ3n) is 8.25. The number of imidazole rings is 2. The molecule has 0 N–H and O–H groups in total. The van der Waals surface area contributed by atoms with Crippen LogP contribution < -0.4 is 4.74 Å². The third-order valence-corrected chi connectivity index (χ3v) is 8.25. The number of hydrogen-bond acceptors (Lipinski definition) is 3. The number of ether oxygens (including phenoxy) is 1. The van der Waals surface area contributed by atoms with E-state index in [1.807, 2.05) is 36.4 Å². The van der Waals surface area contributed by atoms with Crippen molar-refractivity contribution in [1.29, 1.82) is 0 Å². The maximum Gasteiger partial charge on any atom is 2.00 e. The second-order valence-electron chi connectivity index (χ2n) is 11.7. The molecule has 2 aromatic heterocycles. The first-order valence-corrected chi connectivity index (χ1v) is 14.9. The Balaban J connectivity index is 0.00000343. The van der Waals surface area contributed by atoms with E-state index in [4.69, 9.17) is 14.7 Å². The number of rotatable bonds is 3. The number of aryl methyl sites for hydroxylation is 5. The summed E-state index contributed by atoms with van der Waals surface area (Å²) in [4.78, 5) is 10.4. The van der Waals surface area contributed by atoms with E-state index >= 15 is 0 Å². The Kier molecular flexibility index (Phi) is 8.17. The van der Waals surface area contributed by atoms with E-state index in [2.05, 4.69) is 105 Å². The fraction of sp³-hybridized carbons (Fsp3) is 0.211. The van der Waals surface area contributed by atoms with Crippen LogP contribution in [0.25, 0.3) is 33.9 Å². The summed E-state index contributed by atoms with van der Waals surface area (Å²) in [5, 5.41) is 0. The van der Waals surface area contributed by atoms with Crippen LogP contribution in [-0.2, 0) is 33.9 Å². The molecule has 0 spiro atoms. The zero-order valence-electron chi connectivity index (χ0n) is 25.6. The van der Waals surface area contributed by atoms with Crippen molar-refractivity contribution in [2.75, 3.05) is 0 Å². The molecule has 8 bridgehead atoms. The van der Waals surface area contributed by atoms with Crippen molar-refractivity contribution < 1.29 is 25.8 Å². The summed E-state index contributed by atoms with van der Waals surface area (Å²) >= 11 is 0. The molecule has 3 heterocycles. The van der Waals surface area contributed by atoms with Gasteiger partial charge in [-0.2, -0.15) is 0 Å². The van der Waals surface area contributed by atoms with Crippen LogP contribution in [0.3, 0.4) is 0 Å². The van der Waals surface area contributed by atoms with Gasteiger partial charge in [-0.05, 0) is 61.3 Å².